The van der Waals surface area contributed by atoms with E-state index in [9.17, 15) is 4.79 Å². The van der Waals surface area contributed by atoms with Gasteiger partial charge >= 0.3 is 5.97 Å². The molecular weight excluding hydrogens is 204 g/mol. The van der Waals surface area contributed by atoms with Gasteiger partial charge in [0.05, 0.1) is 6.61 Å². The molecule has 0 aromatic carbocycles. The molecule has 0 fully saturated rings. The van der Waals surface area contributed by atoms with Crippen LogP contribution in [0.4, 0.5) is 0 Å². The van der Waals surface area contributed by atoms with E-state index in [-0.39, 0.29) is 0 Å². The first-order valence-electron chi connectivity index (χ1n) is 5.14. The molecule has 0 spiro atoms. The fourth-order valence-electron chi connectivity index (χ4n) is 0.782. The Morgan fingerprint density at radius 1 is 1.21 bits per heavy atom. The summed E-state index contributed by atoms with van der Waals surface area (Å²) in [6, 6.07) is 0. The van der Waals surface area contributed by atoms with Crippen LogP contribution in [0.1, 0.15) is 39.5 Å². The predicted molar refractivity (Wildman–Crippen MR) is 56.4 cm³/mol. The lowest BCUT2D eigenvalue weighted by atomic mass is 10.4. The van der Waals surface area contributed by atoms with Crippen molar-refractivity contribution in [2.75, 3.05) is 13.2 Å². The Hall–Kier alpha value is -0.280. The van der Waals surface area contributed by atoms with Crippen LogP contribution >= 0.6 is 11.6 Å². The van der Waals surface area contributed by atoms with E-state index in [0.717, 1.165) is 25.7 Å². The Bertz CT molecular complexity index is 150. The highest BCUT2D eigenvalue weighted by molar-refractivity contribution is 6.28. The Kier molecular flexibility index (Phi) is 9.10. The molecular formula is C10H19ClO3. The third-order valence-electron chi connectivity index (χ3n) is 1.69. The van der Waals surface area contributed by atoms with Gasteiger partial charge in [-0.15, -0.1) is 0 Å². The second-order valence-corrected chi connectivity index (χ2v) is 3.46. The van der Waals surface area contributed by atoms with E-state index in [1.54, 1.807) is 0 Å². The number of carbonyl (C=O) groups is 1. The van der Waals surface area contributed by atoms with Crippen LogP contribution in [0.5, 0.6) is 0 Å². The number of hydrogen-bond donors (Lipinski definition) is 0. The van der Waals surface area contributed by atoms with Crippen LogP contribution < -0.4 is 0 Å². The summed E-state index contributed by atoms with van der Waals surface area (Å²) in [4.78, 5) is 11.1. The first-order valence-corrected chi connectivity index (χ1v) is 5.58. The Morgan fingerprint density at radius 2 is 1.79 bits per heavy atom. The standard InChI is InChI=1S/C10H19ClO3/c1-3-5-7-13-9(11)10(12)14-8-6-4-2/h9H,3-8H2,1-2H3/t9-/m1/s1. The molecule has 1 atom stereocenters. The average molecular weight is 223 g/mol. The van der Waals surface area contributed by atoms with E-state index in [1.165, 1.54) is 0 Å². The van der Waals surface area contributed by atoms with Crippen molar-refractivity contribution in [3.05, 3.63) is 0 Å². The number of halogens is 1. The molecule has 0 aromatic rings. The lowest BCUT2D eigenvalue weighted by Gasteiger charge is -2.10. The zero-order valence-corrected chi connectivity index (χ0v) is 9.68. The van der Waals surface area contributed by atoms with Crippen LogP contribution in [0.3, 0.4) is 0 Å². The van der Waals surface area contributed by atoms with Crippen molar-refractivity contribution in [2.45, 2.75) is 45.1 Å². The largest absolute Gasteiger partial charge is 0.463 e. The Balaban J connectivity index is 3.44. The van der Waals surface area contributed by atoms with Crippen molar-refractivity contribution in [3.63, 3.8) is 0 Å². The molecule has 0 aliphatic rings. The van der Waals surface area contributed by atoms with Crippen molar-refractivity contribution in [3.8, 4) is 0 Å². The summed E-state index contributed by atoms with van der Waals surface area (Å²) in [5.41, 5.74) is -0.946. The SMILES string of the molecule is CCCCOC(=O)[C@H](Cl)OCCCC. The smallest absolute Gasteiger partial charge is 0.351 e. The molecule has 0 radical (unpaired) electrons. The first kappa shape index (κ1) is 13.7. The van der Waals surface area contributed by atoms with Crippen molar-refractivity contribution in [2.24, 2.45) is 0 Å². The second kappa shape index (κ2) is 9.28. The fourth-order valence-corrected chi connectivity index (χ4v) is 0.934. The third kappa shape index (κ3) is 7.15. The molecule has 84 valence electrons. The number of unbranched alkanes of at least 4 members (excludes halogenated alkanes) is 2. The minimum atomic E-state index is -0.946. The molecule has 4 heteroatoms. The third-order valence-corrected chi connectivity index (χ3v) is 1.99. The lowest BCUT2D eigenvalue weighted by Crippen LogP contribution is -2.22. The Morgan fingerprint density at radius 3 is 2.36 bits per heavy atom. The molecule has 0 N–H and O–H groups in total. The molecule has 0 aliphatic heterocycles. The van der Waals surface area contributed by atoms with Crippen LogP contribution in [0.2, 0.25) is 0 Å². The number of hydrogen-bond acceptors (Lipinski definition) is 3. The van der Waals surface area contributed by atoms with Gasteiger partial charge in [0.2, 0.25) is 5.56 Å². The maximum absolute atomic E-state index is 11.1. The summed E-state index contributed by atoms with van der Waals surface area (Å²) in [5.74, 6) is -0.476. The van der Waals surface area contributed by atoms with Gasteiger partial charge in [0.15, 0.2) is 0 Å². The number of esters is 1. The molecule has 0 heterocycles. The zero-order chi connectivity index (χ0) is 10.8. The van der Waals surface area contributed by atoms with Gasteiger partial charge in [0, 0.05) is 6.61 Å². The molecule has 14 heavy (non-hydrogen) atoms. The summed E-state index contributed by atoms with van der Waals surface area (Å²) in [6.45, 7) is 5.01. The molecule has 0 bridgehead atoms. The van der Waals surface area contributed by atoms with Crippen LogP contribution in [0, 0.1) is 0 Å². The molecule has 0 aliphatic carbocycles. The van der Waals surface area contributed by atoms with Crippen molar-refractivity contribution in [1.29, 1.82) is 0 Å². The molecule has 0 amide bonds. The van der Waals surface area contributed by atoms with Gasteiger partial charge in [0.1, 0.15) is 0 Å². The minimum Gasteiger partial charge on any atom is -0.463 e. The summed E-state index contributed by atoms with van der Waals surface area (Å²) in [6.07, 6.45) is 3.79. The van der Waals surface area contributed by atoms with Gasteiger partial charge in [-0.2, -0.15) is 0 Å². The summed E-state index contributed by atoms with van der Waals surface area (Å²) in [5, 5.41) is 0. The molecule has 3 nitrogen and oxygen atoms in total. The maximum atomic E-state index is 11.1. The zero-order valence-electron chi connectivity index (χ0n) is 8.92. The van der Waals surface area contributed by atoms with Gasteiger partial charge in [-0.25, -0.2) is 4.79 Å². The summed E-state index contributed by atoms with van der Waals surface area (Å²) >= 11 is 5.65. The van der Waals surface area contributed by atoms with Gasteiger partial charge in [0.25, 0.3) is 0 Å². The van der Waals surface area contributed by atoms with Crippen molar-refractivity contribution >= 4 is 17.6 Å². The van der Waals surface area contributed by atoms with E-state index < -0.39 is 11.5 Å². The number of ether oxygens (including phenoxy) is 2. The maximum Gasteiger partial charge on any atom is 0.351 e. The van der Waals surface area contributed by atoms with Crippen molar-refractivity contribution in [1.82, 2.24) is 0 Å². The van der Waals surface area contributed by atoms with Crippen molar-refractivity contribution < 1.29 is 14.3 Å². The highest BCUT2D eigenvalue weighted by atomic mass is 35.5. The van der Waals surface area contributed by atoms with E-state index in [4.69, 9.17) is 21.1 Å². The number of carbonyl (C=O) groups excluding carboxylic acids is 1. The van der Waals surface area contributed by atoms with Gasteiger partial charge in [-0.3, -0.25) is 0 Å². The van der Waals surface area contributed by atoms with Crippen LogP contribution in [0.15, 0.2) is 0 Å². The minimum absolute atomic E-state index is 0.426. The summed E-state index contributed by atoms with van der Waals surface area (Å²) in [7, 11) is 0. The summed E-state index contributed by atoms with van der Waals surface area (Å²) < 4.78 is 9.94. The lowest BCUT2D eigenvalue weighted by molar-refractivity contribution is -0.151. The molecule has 0 aromatic heterocycles. The van der Waals surface area contributed by atoms with E-state index in [1.807, 2.05) is 13.8 Å². The van der Waals surface area contributed by atoms with E-state index >= 15 is 0 Å². The fraction of sp³-hybridized carbons (Fsp3) is 0.900. The first-order chi connectivity index (χ1) is 6.72. The molecule has 0 saturated carbocycles. The number of alkyl halides is 1. The van der Waals surface area contributed by atoms with Crippen LogP contribution in [-0.2, 0) is 14.3 Å². The van der Waals surface area contributed by atoms with Crippen LogP contribution in [-0.4, -0.2) is 24.7 Å². The Labute approximate surface area is 90.7 Å². The van der Waals surface area contributed by atoms with E-state index in [2.05, 4.69) is 0 Å². The highest BCUT2D eigenvalue weighted by Gasteiger charge is 2.16. The second-order valence-electron chi connectivity index (χ2n) is 3.06. The van der Waals surface area contributed by atoms with Gasteiger partial charge < -0.3 is 9.47 Å². The van der Waals surface area contributed by atoms with Gasteiger partial charge in [-0.05, 0) is 12.8 Å². The highest BCUT2D eigenvalue weighted by Crippen LogP contribution is 2.03. The van der Waals surface area contributed by atoms with Gasteiger partial charge in [-0.1, -0.05) is 38.3 Å². The monoisotopic (exact) mass is 222 g/mol. The molecule has 0 saturated heterocycles. The average Bonchev–Trinajstić information content (AvgIpc) is 2.18. The predicted octanol–water partition coefficient (Wildman–Crippen LogP) is 2.71. The molecule has 0 rings (SSSR count). The normalized spacial score (nSPS) is 12.5. The number of rotatable bonds is 8. The topological polar surface area (TPSA) is 35.5 Å². The molecule has 0 unspecified atom stereocenters. The quantitative estimate of drug-likeness (QED) is 0.360. The van der Waals surface area contributed by atoms with E-state index in [0.29, 0.717) is 13.2 Å². The van der Waals surface area contributed by atoms with Crippen LogP contribution in [0.25, 0.3) is 0 Å².